The molecule has 0 bridgehead atoms. The predicted molar refractivity (Wildman–Crippen MR) is 153 cm³/mol. The van der Waals surface area contributed by atoms with E-state index >= 15 is 0 Å². The molecule has 2 saturated heterocycles. The van der Waals surface area contributed by atoms with Gasteiger partial charge in [0.1, 0.15) is 5.75 Å². The molecule has 1 unspecified atom stereocenters. The maximum atomic E-state index is 13.4. The lowest BCUT2D eigenvalue weighted by Crippen LogP contribution is -2.55. The van der Waals surface area contributed by atoms with Gasteiger partial charge in [0.2, 0.25) is 5.91 Å². The van der Waals surface area contributed by atoms with Crippen LogP contribution >= 0.6 is 0 Å². The van der Waals surface area contributed by atoms with Crippen molar-refractivity contribution in [3.63, 3.8) is 0 Å². The molecule has 2 amide bonds. The summed E-state index contributed by atoms with van der Waals surface area (Å²) in [5, 5.41) is 0. The van der Waals surface area contributed by atoms with Gasteiger partial charge < -0.3 is 29.1 Å². The summed E-state index contributed by atoms with van der Waals surface area (Å²) in [5.74, 6) is 0.801. The van der Waals surface area contributed by atoms with E-state index in [0.717, 1.165) is 57.7 Å². The molecule has 39 heavy (non-hydrogen) atoms. The van der Waals surface area contributed by atoms with Crippen LogP contribution in [-0.4, -0.2) is 86.7 Å². The summed E-state index contributed by atoms with van der Waals surface area (Å²) >= 11 is 0. The molecule has 5 rings (SSSR count). The van der Waals surface area contributed by atoms with Gasteiger partial charge in [-0.3, -0.25) is 9.59 Å². The van der Waals surface area contributed by atoms with Crippen LogP contribution < -0.4 is 14.5 Å². The van der Waals surface area contributed by atoms with E-state index < -0.39 is 6.10 Å². The van der Waals surface area contributed by atoms with Crippen molar-refractivity contribution in [2.75, 3.05) is 68.8 Å². The van der Waals surface area contributed by atoms with Gasteiger partial charge in [-0.25, -0.2) is 0 Å². The second-order valence-electron chi connectivity index (χ2n) is 10.8. The van der Waals surface area contributed by atoms with Crippen molar-refractivity contribution in [2.45, 2.75) is 51.7 Å². The van der Waals surface area contributed by atoms with Gasteiger partial charge in [-0.2, -0.15) is 0 Å². The van der Waals surface area contributed by atoms with Crippen LogP contribution in [0.25, 0.3) is 0 Å². The monoisotopic (exact) mass is 534 g/mol. The third-order valence-electron chi connectivity index (χ3n) is 8.06. The number of piperidine rings is 1. The van der Waals surface area contributed by atoms with Gasteiger partial charge in [0.25, 0.3) is 5.91 Å². The van der Waals surface area contributed by atoms with E-state index in [4.69, 9.17) is 9.47 Å². The maximum absolute atomic E-state index is 13.4. The topological polar surface area (TPSA) is 65.6 Å². The van der Waals surface area contributed by atoms with E-state index in [1.807, 2.05) is 39.0 Å². The summed E-state index contributed by atoms with van der Waals surface area (Å²) in [7, 11) is 0. The number of carbonyl (C=O) groups is 2. The smallest absolute Gasteiger partial charge is 0.265 e. The van der Waals surface area contributed by atoms with E-state index in [1.165, 1.54) is 17.7 Å². The number of para-hydroxylation sites is 2. The molecule has 0 spiro atoms. The SMILES string of the molecule is CCCO[C@H](C)c1ccc(N2CCN(C(=O)CN3CC(C(=O)N4CCCCC4)Oc4ccccc43)CC2)cc1. The van der Waals surface area contributed by atoms with E-state index in [2.05, 4.69) is 43.0 Å². The van der Waals surface area contributed by atoms with Crippen molar-refractivity contribution in [3.05, 3.63) is 54.1 Å². The lowest BCUT2D eigenvalue weighted by atomic mass is 10.1. The summed E-state index contributed by atoms with van der Waals surface area (Å²) in [5.41, 5.74) is 3.24. The highest BCUT2D eigenvalue weighted by molar-refractivity contribution is 5.86. The Morgan fingerprint density at radius 3 is 2.36 bits per heavy atom. The first-order chi connectivity index (χ1) is 19.0. The fourth-order valence-corrected chi connectivity index (χ4v) is 5.73. The summed E-state index contributed by atoms with van der Waals surface area (Å²) in [6, 6.07) is 16.3. The highest BCUT2D eigenvalue weighted by Crippen LogP contribution is 2.34. The van der Waals surface area contributed by atoms with Crippen LogP contribution in [0.5, 0.6) is 5.75 Å². The Bertz CT molecular complexity index is 1110. The van der Waals surface area contributed by atoms with Crippen molar-refractivity contribution in [3.8, 4) is 5.75 Å². The van der Waals surface area contributed by atoms with Gasteiger partial charge in [0.05, 0.1) is 24.9 Å². The van der Waals surface area contributed by atoms with Crippen molar-refractivity contribution in [1.29, 1.82) is 0 Å². The third kappa shape index (κ3) is 6.49. The van der Waals surface area contributed by atoms with E-state index in [-0.39, 0.29) is 24.5 Å². The van der Waals surface area contributed by atoms with Gasteiger partial charge in [-0.1, -0.05) is 31.2 Å². The quantitative estimate of drug-likeness (QED) is 0.508. The Morgan fingerprint density at radius 1 is 0.923 bits per heavy atom. The number of hydrogen-bond donors (Lipinski definition) is 0. The number of amides is 2. The Balaban J connectivity index is 1.17. The molecule has 2 aromatic rings. The molecule has 3 heterocycles. The molecule has 2 atom stereocenters. The number of rotatable bonds is 8. The summed E-state index contributed by atoms with van der Waals surface area (Å²) in [6.07, 6.45) is 3.78. The van der Waals surface area contributed by atoms with Crippen LogP contribution in [0, 0.1) is 0 Å². The van der Waals surface area contributed by atoms with Crippen molar-refractivity contribution >= 4 is 23.2 Å². The molecule has 0 N–H and O–H groups in total. The number of carbonyl (C=O) groups excluding carboxylic acids is 2. The predicted octanol–water partition coefficient (Wildman–Crippen LogP) is 4.10. The molecule has 210 valence electrons. The Labute approximate surface area is 232 Å². The van der Waals surface area contributed by atoms with Gasteiger partial charge >= 0.3 is 0 Å². The standard InChI is InChI=1S/C31H42N4O4/c1-3-21-38-24(2)25-11-13-26(14-12-25)32-17-19-33(20-18-32)30(36)23-35-22-29(31(37)34-15-7-4-8-16-34)39-28-10-6-5-9-27(28)35/h5-6,9-14,24,29H,3-4,7-8,15-23H2,1-2H3/t24-,29?/m1/s1. The lowest BCUT2D eigenvalue weighted by Gasteiger charge is -2.40. The zero-order valence-electron chi connectivity index (χ0n) is 23.4. The number of nitrogens with zero attached hydrogens (tertiary/aromatic N) is 4. The Hall–Kier alpha value is -3.26. The number of hydrogen-bond acceptors (Lipinski definition) is 6. The average Bonchev–Trinajstić information content (AvgIpc) is 3.00. The highest BCUT2D eigenvalue weighted by Gasteiger charge is 2.35. The minimum absolute atomic E-state index is 0.0348. The summed E-state index contributed by atoms with van der Waals surface area (Å²) in [4.78, 5) is 34.9. The number of fused-ring (bicyclic) bond motifs is 1. The maximum Gasteiger partial charge on any atom is 0.265 e. The second kappa shape index (κ2) is 12.7. The number of ether oxygens (including phenoxy) is 2. The highest BCUT2D eigenvalue weighted by atomic mass is 16.5. The molecule has 2 fully saturated rings. The third-order valence-corrected chi connectivity index (χ3v) is 8.06. The summed E-state index contributed by atoms with van der Waals surface area (Å²) in [6.45, 7) is 10.1. The molecular formula is C31H42N4O4. The minimum atomic E-state index is -0.583. The van der Waals surface area contributed by atoms with Crippen molar-refractivity contribution in [1.82, 2.24) is 9.80 Å². The number of piperazine rings is 1. The first-order valence-corrected chi connectivity index (χ1v) is 14.6. The number of benzene rings is 2. The van der Waals surface area contributed by atoms with Crippen LogP contribution in [0.15, 0.2) is 48.5 Å². The Morgan fingerprint density at radius 2 is 1.64 bits per heavy atom. The van der Waals surface area contributed by atoms with Crippen molar-refractivity contribution in [2.24, 2.45) is 0 Å². The van der Waals surface area contributed by atoms with Crippen LogP contribution in [-0.2, 0) is 14.3 Å². The number of likely N-dealkylation sites (tertiary alicyclic amines) is 1. The fraction of sp³-hybridized carbons (Fsp3) is 0.548. The van der Waals surface area contributed by atoms with Crippen LogP contribution in [0.1, 0.15) is 51.2 Å². The average molecular weight is 535 g/mol. The van der Waals surface area contributed by atoms with E-state index in [0.29, 0.717) is 25.4 Å². The first-order valence-electron chi connectivity index (χ1n) is 14.6. The van der Waals surface area contributed by atoms with Crippen LogP contribution in [0.4, 0.5) is 11.4 Å². The van der Waals surface area contributed by atoms with Crippen molar-refractivity contribution < 1.29 is 19.1 Å². The second-order valence-corrected chi connectivity index (χ2v) is 10.8. The molecular weight excluding hydrogens is 492 g/mol. The van der Waals surface area contributed by atoms with E-state index in [9.17, 15) is 9.59 Å². The van der Waals surface area contributed by atoms with Gasteiger partial charge in [0.15, 0.2) is 6.10 Å². The molecule has 3 aliphatic heterocycles. The molecule has 0 saturated carbocycles. The van der Waals surface area contributed by atoms with Gasteiger partial charge in [-0.15, -0.1) is 0 Å². The Kier molecular flexibility index (Phi) is 8.91. The van der Waals surface area contributed by atoms with Crippen LogP contribution in [0.2, 0.25) is 0 Å². The normalized spacial score (nSPS) is 20.3. The molecule has 0 aliphatic carbocycles. The minimum Gasteiger partial charge on any atom is -0.477 e. The molecule has 8 heteroatoms. The molecule has 8 nitrogen and oxygen atoms in total. The largest absolute Gasteiger partial charge is 0.477 e. The van der Waals surface area contributed by atoms with E-state index in [1.54, 1.807) is 0 Å². The number of anilines is 2. The van der Waals surface area contributed by atoms with Crippen LogP contribution in [0.3, 0.4) is 0 Å². The molecule has 0 radical (unpaired) electrons. The zero-order chi connectivity index (χ0) is 27.2. The molecule has 0 aromatic heterocycles. The summed E-state index contributed by atoms with van der Waals surface area (Å²) < 4.78 is 12.0. The lowest BCUT2D eigenvalue weighted by molar-refractivity contribution is -0.140. The van der Waals surface area contributed by atoms with Gasteiger partial charge in [0, 0.05) is 51.6 Å². The first kappa shape index (κ1) is 27.3. The van der Waals surface area contributed by atoms with Gasteiger partial charge in [-0.05, 0) is 62.4 Å². The molecule has 2 aromatic carbocycles. The molecule has 3 aliphatic rings. The zero-order valence-corrected chi connectivity index (χ0v) is 23.4. The fourth-order valence-electron chi connectivity index (χ4n) is 5.73.